The standard InChI is InChI=1S/C13H19BrN2/c1-9(11-4-5-11)16(2)8-10-3-6-12(14)13(15)7-10/h3,6-7,9,11H,4-5,8,15H2,1-2H3. The highest BCUT2D eigenvalue weighted by molar-refractivity contribution is 9.10. The highest BCUT2D eigenvalue weighted by Crippen LogP contribution is 2.35. The third-order valence-electron chi connectivity index (χ3n) is 3.49. The quantitative estimate of drug-likeness (QED) is 0.859. The average Bonchev–Trinajstić information content (AvgIpc) is 3.06. The number of halogens is 1. The molecule has 0 amide bonds. The van der Waals surface area contributed by atoms with Crippen molar-refractivity contribution in [2.24, 2.45) is 5.92 Å². The Morgan fingerprint density at radius 1 is 1.50 bits per heavy atom. The van der Waals surface area contributed by atoms with Crippen LogP contribution in [-0.4, -0.2) is 18.0 Å². The lowest BCUT2D eigenvalue weighted by Gasteiger charge is -2.24. The van der Waals surface area contributed by atoms with Crippen molar-refractivity contribution < 1.29 is 0 Å². The summed E-state index contributed by atoms with van der Waals surface area (Å²) in [6, 6.07) is 6.90. The SMILES string of the molecule is CC(C1CC1)N(C)Cc1ccc(Br)c(N)c1. The van der Waals surface area contributed by atoms with Crippen molar-refractivity contribution in [1.29, 1.82) is 0 Å². The molecule has 0 aliphatic heterocycles. The summed E-state index contributed by atoms with van der Waals surface area (Å²) >= 11 is 3.42. The minimum atomic E-state index is 0.685. The molecule has 1 aliphatic rings. The molecular formula is C13H19BrN2. The fourth-order valence-corrected chi connectivity index (χ4v) is 2.31. The second kappa shape index (κ2) is 4.76. The van der Waals surface area contributed by atoms with Gasteiger partial charge in [-0.3, -0.25) is 4.90 Å². The van der Waals surface area contributed by atoms with Crippen LogP contribution in [0.25, 0.3) is 0 Å². The van der Waals surface area contributed by atoms with Crippen molar-refractivity contribution in [3.63, 3.8) is 0 Å². The Kier molecular flexibility index (Phi) is 3.55. The summed E-state index contributed by atoms with van der Waals surface area (Å²) in [6.45, 7) is 3.30. The van der Waals surface area contributed by atoms with E-state index in [1.807, 2.05) is 6.07 Å². The highest BCUT2D eigenvalue weighted by Gasteiger charge is 2.30. The first-order chi connectivity index (χ1) is 7.58. The molecule has 2 rings (SSSR count). The summed E-state index contributed by atoms with van der Waals surface area (Å²) in [7, 11) is 2.20. The van der Waals surface area contributed by atoms with E-state index in [0.29, 0.717) is 6.04 Å². The fourth-order valence-electron chi connectivity index (χ4n) is 2.06. The molecule has 1 atom stereocenters. The predicted octanol–water partition coefficient (Wildman–Crippen LogP) is 3.26. The van der Waals surface area contributed by atoms with E-state index in [-0.39, 0.29) is 0 Å². The van der Waals surface area contributed by atoms with Crippen molar-refractivity contribution >= 4 is 21.6 Å². The number of nitrogens with zero attached hydrogens (tertiary/aromatic N) is 1. The summed E-state index contributed by atoms with van der Waals surface area (Å²) in [5, 5.41) is 0. The molecule has 0 saturated heterocycles. The molecule has 1 aromatic carbocycles. The molecule has 2 N–H and O–H groups in total. The number of hydrogen-bond acceptors (Lipinski definition) is 2. The normalized spacial score (nSPS) is 17.8. The summed E-state index contributed by atoms with van der Waals surface area (Å²) in [5.74, 6) is 0.915. The molecule has 1 saturated carbocycles. The monoisotopic (exact) mass is 282 g/mol. The Bertz CT molecular complexity index is 374. The lowest BCUT2D eigenvalue weighted by Crippen LogP contribution is -2.30. The number of nitrogen functional groups attached to an aromatic ring is 1. The second-order valence-electron chi connectivity index (χ2n) is 4.85. The molecule has 2 nitrogen and oxygen atoms in total. The number of rotatable bonds is 4. The topological polar surface area (TPSA) is 29.3 Å². The third kappa shape index (κ3) is 2.77. The van der Waals surface area contributed by atoms with E-state index in [0.717, 1.165) is 22.6 Å². The first-order valence-electron chi connectivity index (χ1n) is 5.82. The zero-order valence-corrected chi connectivity index (χ0v) is 11.5. The zero-order valence-electron chi connectivity index (χ0n) is 9.91. The lowest BCUT2D eigenvalue weighted by atomic mass is 10.1. The minimum Gasteiger partial charge on any atom is -0.398 e. The number of hydrogen-bond donors (Lipinski definition) is 1. The van der Waals surface area contributed by atoms with Crippen LogP contribution in [0.15, 0.2) is 22.7 Å². The van der Waals surface area contributed by atoms with Crippen LogP contribution >= 0.6 is 15.9 Å². The van der Waals surface area contributed by atoms with Crippen LogP contribution < -0.4 is 5.73 Å². The predicted molar refractivity (Wildman–Crippen MR) is 72.2 cm³/mol. The Balaban J connectivity index is 1.99. The van der Waals surface area contributed by atoms with Gasteiger partial charge in [0.15, 0.2) is 0 Å². The van der Waals surface area contributed by atoms with Gasteiger partial charge in [-0.05, 0) is 66.4 Å². The van der Waals surface area contributed by atoms with E-state index in [2.05, 4.69) is 46.9 Å². The Morgan fingerprint density at radius 3 is 2.75 bits per heavy atom. The molecule has 0 radical (unpaired) electrons. The maximum Gasteiger partial charge on any atom is 0.0461 e. The smallest absolute Gasteiger partial charge is 0.0461 e. The van der Waals surface area contributed by atoms with Crippen molar-refractivity contribution in [1.82, 2.24) is 4.90 Å². The Hall–Kier alpha value is -0.540. The molecule has 0 aromatic heterocycles. The maximum atomic E-state index is 5.88. The van der Waals surface area contributed by atoms with Crippen LogP contribution in [0.3, 0.4) is 0 Å². The van der Waals surface area contributed by atoms with Crippen LogP contribution in [0.2, 0.25) is 0 Å². The molecule has 88 valence electrons. The summed E-state index contributed by atoms with van der Waals surface area (Å²) in [5.41, 5.74) is 7.99. The molecule has 1 aromatic rings. The van der Waals surface area contributed by atoms with E-state index in [9.17, 15) is 0 Å². The molecule has 1 unspecified atom stereocenters. The summed E-state index contributed by atoms with van der Waals surface area (Å²) in [4.78, 5) is 2.42. The number of benzene rings is 1. The first-order valence-corrected chi connectivity index (χ1v) is 6.61. The van der Waals surface area contributed by atoms with Crippen LogP contribution in [0.1, 0.15) is 25.3 Å². The van der Waals surface area contributed by atoms with E-state index < -0.39 is 0 Å². The highest BCUT2D eigenvalue weighted by atomic mass is 79.9. The molecule has 1 aliphatic carbocycles. The Morgan fingerprint density at radius 2 is 2.19 bits per heavy atom. The first kappa shape index (κ1) is 11.9. The number of anilines is 1. The minimum absolute atomic E-state index is 0.685. The van der Waals surface area contributed by atoms with E-state index in [1.54, 1.807) is 0 Å². The van der Waals surface area contributed by atoms with Gasteiger partial charge in [0.2, 0.25) is 0 Å². The summed E-state index contributed by atoms with van der Waals surface area (Å²) < 4.78 is 0.981. The average molecular weight is 283 g/mol. The molecule has 1 fully saturated rings. The third-order valence-corrected chi connectivity index (χ3v) is 4.21. The maximum absolute atomic E-state index is 5.88. The molecule has 0 bridgehead atoms. The molecule has 0 spiro atoms. The fraction of sp³-hybridized carbons (Fsp3) is 0.538. The lowest BCUT2D eigenvalue weighted by molar-refractivity contribution is 0.226. The molecular weight excluding hydrogens is 264 g/mol. The van der Waals surface area contributed by atoms with Crippen LogP contribution in [0, 0.1) is 5.92 Å². The van der Waals surface area contributed by atoms with Crippen molar-refractivity contribution in [3.8, 4) is 0 Å². The van der Waals surface area contributed by atoms with Gasteiger partial charge < -0.3 is 5.73 Å². The van der Waals surface area contributed by atoms with Gasteiger partial charge in [0, 0.05) is 22.7 Å². The molecule has 0 heterocycles. The van der Waals surface area contributed by atoms with E-state index >= 15 is 0 Å². The van der Waals surface area contributed by atoms with Gasteiger partial charge in [0.05, 0.1) is 0 Å². The van der Waals surface area contributed by atoms with Crippen LogP contribution in [-0.2, 0) is 6.54 Å². The van der Waals surface area contributed by atoms with E-state index in [1.165, 1.54) is 18.4 Å². The van der Waals surface area contributed by atoms with Gasteiger partial charge in [-0.15, -0.1) is 0 Å². The van der Waals surface area contributed by atoms with Crippen LogP contribution in [0.4, 0.5) is 5.69 Å². The van der Waals surface area contributed by atoms with Gasteiger partial charge in [-0.1, -0.05) is 6.07 Å². The zero-order chi connectivity index (χ0) is 11.7. The van der Waals surface area contributed by atoms with Gasteiger partial charge in [0.25, 0.3) is 0 Å². The summed E-state index contributed by atoms with van der Waals surface area (Å²) in [6.07, 6.45) is 2.79. The largest absolute Gasteiger partial charge is 0.398 e. The second-order valence-corrected chi connectivity index (χ2v) is 5.70. The van der Waals surface area contributed by atoms with Gasteiger partial charge >= 0.3 is 0 Å². The van der Waals surface area contributed by atoms with E-state index in [4.69, 9.17) is 5.73 Å². The van der Waals surface area contributed by atoms with Gasteiger partial charge in [0.1, 0.15) is 0 Å². The van der Waals surface area contributed by atoms with Crippen molar-refractivity contribution in [2.45, 2.75) is 32.4 Å². The Labute approximate surface area is 106 Å². The number of nitrogens with two attached hydrogens (primary N) is 1. The van der Waals surface area contributed by atoms with Gasteiger partial charge in [-0.2, -0.15) is 0 Å². The molecule has 16 heavy (non-hydrogen) atoms. The van der Waals surface area contributed by atoms with Crippen molar-refractivity contribution in [3.05, 3.63) is 28.2 Å². The van der Waals surface area contributed by atoms with Gasteiger partial charge in [-0.25, -0.2) is 0 Å². The van der Waals surface area contributed by atoms with Crippen LogP contribution in [0.5, 0.6) is 0 Å². The van der Waals surface area contributed by atoms with Crippen molar-refractivity contribution in [2.75, 3.05) is 12.8 Å². The molecule has 3 heteroatoms.